The summed E-state index contributed by atoms with van der Waals surface area (Å²) in [4.78, 5) is 0. The first-order chi connectivity index (χ1) is 6.74. The second-order valence-corrected chi connectivity index (χ2v) is 4.49. The molecule has 1 fully saturated rings. The third-order valence-corrected chi connectivity index (χ3v) is 3.23. The van der Waals surface area contributed by atoms with Crippen LogP contribution in [0.15, 0.2) is 24.3 Å². The first-order valence-electron chi connectivity index (χ1n) is 5.37. The van der Waals surface area contributed by atoms with Crippen LogP contribution in [0, 0.1) is 11.8 Å². The van der Waals surface area contributed by atoms with Crippen molar-refractivity contribution >= 4 is 0 Å². The molecule has 0 N–H and O–H groups in total. The van der Waals surface area contributed by atoms with Gasteiger partial charge in [0.25, 0.3) is 0 Å². The SMILES string of the molecule is COc1ccccc1C1CC1C(C)C. The van der Waals surface area contributed by atoms with Gasteiger partial charge < -0.3 is 4.74 Å². The molecule has 14 heavy (non-hydrogen) atoms. The van der Waals surface area contributed by atoms with Crippen LogP contribution in [-0.4, -0.2) is 7.11 Å². The van der Waals surface area contributed by atoms with Gasteiger partial charge in [-0.3, -0.25) is 0 Å². The molecule has 1 aliphatic rings. The van der Waals surface area contributed by atoms with Gasteiger partial charge in [0.2, 0.25) is 0 Å². The highest BCUT2D eigenvalue weighted by molar-refractivity contribution is 5.39. The lowest BCUT2D eigenvalue weighted by Crippen LogP contribution is -1.94. The Bertz CT molecular complexity index is 317. The molecule has 1 aromatic rings. The van der Waals surface area contributed by atoms with Crippen LogP contribution < -0.4 is 4.74 Å². The zero-order valence-corrected chi connectivity index (χ0v) is 9.16. The number of ether oxygens (including phenoxy) is 1. The standard InChI is InChI=1S/C13H18O/c1-9(2)11-8-12(11)10-6-4-5-7-13(10)14-3/h4-7,9,11-12H,8H2,1-3H3. The average molecular weight is 190 g/mol. The fraction of sp³-hybridized carbons (Fsp3) is 0.538. The third-order valence-electron chi connectivity index (χ3n) is 3.23. The van der Waals surface area contributed by atoms with E-state index < -0.39 is 0 Å². The molecule has 2 unspecified atom stereocenters. The van der Waals surface area contributed by atoms with Gasteiger partial charge in [-0.25, -0.2) is 0 Å². The van der Waals surface area contributed by atoms with Gasteiger partial charge in [-0.2, -0.15) is 0 Å². The van der Waals surface area contributed by atoms with E-state index in [1.54, 1.807) is 7.11 Å². The van der Waals surface area contributed by atoms with Gasteiger partial charge in [0.05, 0.1) is 7.11 Å². The van der Waals surface area contributed by atoms with Gasteiger partial charge in [-0.15, -0.1) is 0 Å². The lowest BCUT2D eigenvalue weighted by Gasteiger charge is -2.08. The molecular weight excluding hydrogens is 172 g/mol. The third kappa shape index (κ3) is 1.63. The van der Waals surface area contributed by atoms with Crippen molar-refractivity contribution in [1.82, 2.24) is 0 Å². The van der Waals surface area contributed by atoms with Gasteiger partial charge in [0.1, 0.15) is 5.75 Å². The Morgan fingerprint density at radius 2 is 2.00 bits per heavy atom. The molecule has 0 saturated heterocycles. The van der Waals surface area contributed by atoms with Crippen LogP contribution in [-0.2, 0) is 0 Å². The van der Waals surface area contributed by atoms with Crippen molar-refractivity contribution in [2.75, 3.05) is 7.11 Å². The molecule has 1 aromatic carbocycles. The summed E-state index contributed by atoms with van der Waals surface area (Å²) in [6, 6.07) is 8.40. The number of hydrogen-bond acceptors (Lipinski definition) is 1. The summed E-state index contributed by atoms with van der Waals surface area (Å²) >= 11 is 0. The molecule has 2 rings (SSSR count). The number of hydrogen-bond donors (Lipinski definition) is 0. The molecule has 0 heterocycles. The van der Waals surface area contributed by atoms with Gasteiger partial charge >= 0.3 is 0 Å². The van der Waals surface area contributed by atoms with E-state index in [2.05, 4.69) is 32.0 Å². The van der Waals surface area contributed by atoms with Gasteiger partial charge in [-0.05, 0) is 35.8 Å². The minimum atomic E-state index is 0.742. The van der Waals surface area contributed by atoms with E-state index >= 15 is 0 Å². The quantitative estimate of drug-likeness (QED) is 0.709. The summed E-state index contributed by atoms with van der Waals surface area (Å²) in [5.41, 5.74) is 1.40. The molecule has 1 saturated carbocycles. The van der Waals surface area contributed by atoms with Crippen LogP contribution in [0.1, 0.15) is 31.7 Å². The number of methoxy groups -OCH3 is 1. The van der Waals surface area contributed by atoms with Crippen LogP contribution in [0.5, 0.6) is 5.75 Å². The Hall–Kier alpha value is -0.980. The van der Waals surface area contributed by atoms with Crippen molar-refractivity contribution in [2.24, 2.45) is 11.8 Å². The normalized spacial score (nSPS) is 25.1. The van der Waals surface area contributed by atoms with Crippen LogP contribution >= 0.6 is 0 Å². The zero-order chi connectivity index (χ0) is 10.1. The number of para-hydroxylation sites is 1. The highest BCUT2D eigenvalue weighted by Gasteiger charge is 2.41. The summed E-state index contributed by atoms with van der Waals surface area (Å²) in [5, 5.41) is 0. The zero-order valence-electron chi connectivity index (χ0n) is 9.16. The van der Waals surface area contributed by atoms with Crippen LogP contribution in [0.3, 0.4) is 0 Å². The highest BCUT2D eigenvalue weighted by Crippen LogP contribution is 2.53. The fourth-order valence-corrected chi connectivity index (χ4v) is 2.28. The van der Waals surface area contributed by atoms with E-state index in [9.17, 15) is 0 Å². The van der Waals surface area contributed by atoms with Crippen molar-refractivity contribution in [3.63, 3.8) is 0 Å². The van der Waals surface area contributed by atoms with E-state index in [0.29, 0.717) is 0 Å². The molecule has 1 nitrogen and oxygen atoms in total. The lowest BCUT2D eigenvalue weighted by atomic mass is 10.0. The summed E-state index contributed by atoms with van der Waals surface area (Å²) < 4.78 is 5.37. The van der Waals surface area contributed by atoms with E-state index in [1.807, 2.05) is 6.07 Å². The molecule has 1 aliphatic carbocycles. The van der Waals surface area contributed by atoms with Gasteiger partial charge in [0.15, 0.2) is 0 Å². The molecule has 76 valence electrons. The van der Waals surface area contributed by atoms with Gasteiger partial charge in [-0.1, -0.05) is 32.0 Å². The molecule has 0 aromatic heterocycles. The van der Waals surface area contributed by atoms with Crippen molar-refractivity contribution in [1.29, 1.82) is 0 Å². The fourth-order valence-electron chi connectivity index (χ4n) is 2.28. The Morgan fingerprint density at radius 1 is 1.29 bits per heavy atom. The van der Waals surface area contributed by atoms with E-state index in [1.165, 1.54) is 12.0 Å². The summed E-state index contributed by atoms with van der Waals surface area (Å²) in [6.45, 7) is 4.61. The second kappa shape index (κ2) is 3.64. The smallest absolute Gasteiger partial charge is 0.122 e. The maximum absolute atomic E-state index is 5.37. The average Bonchev–Trinajstić information content (AvgIpc) is 2.97. The van der Waals surface area contributed by atoms with Crippen LogP contribution in [0.2, 0.25) is 0 Å². The minimum Gasteiger partial charge on any atom is -0.496 e. The monoisotopic (exact) mass is 190 g/mol. The van der Waals surface area contributed by atoms with Crippen molar-refractivity contribution < 1.29 is 4.74 Å². The van der Waals surface area contributed by atoms with E-state index in [4.69, 9.17) is 4.74 Å². The Labute approximate surface area is 86.1 Å². The van der Waals surface area contributed by atoms with Crippen molar-refractivity contribution in [3.8, 4) is 5.75 Å². The van der Waals surface area contributed by atoms with Gasteiger partial charge in [0, 0.05) is 0 Å². The summed E-state index contributed by atoms with van der Waals surface area (Å²) in [6.07, 6.45) is 1.33. The first-order valence-corrected chi connectivity index (χ1v) is 5.37. The Morgan fingerprint density at radius 3 is 2.57 bits per heavy atom. The molecule has 0 amide bonds. The second-order valence-electron chi connectivity index (χ2n) is 4.49. The molecule has 0 spiro atoms. The maximum atomic E-state index is 5.37. The predicted octanol–water partition coefficient (Wildman–Crippen LogP) is 3.45. The minimum absolute atomic E-state index is 0.742. The van der Waals surface area contributed by atoms with Crippen molar-refractivity contribution in [2.45, 2.75) is 26.2 Å². The molecule has 0 bridgehead atoms. The Balaban J connectivity index is 2.18. The van der Waals surface area contributed by atoms with Crippen molar-refractivity contribution in [3.05, 3.63) is 29.8 Å². The van der Waals surface area contributed by atoms with E-state index in [0.717, 1.165) is 23.5 Å². The van der Waals surface area contributed by atoms with E-state index in [-0.39, 0.29) is 0 Å². The first kappa shape index (κ1) is 9.57. The molecule has 0 aliphatic heterocycles. The Kier molecular flexibility index (Phi) is 2.49. The topological polar surface area (TPSA) is 9.23 Å². The highest BCUT2D eigenvalue weighted by atomic mass is 16.5. The van der Waals surface area contributed by atoms with Crippen LogP contribution in [0.4, 0.5) is 0 Å². The van der Waals surface area contributed by atoms with Crippen LogP contribution in [0.25, 0.3) is 0 Å². The number of rotatable bonds is 3. The predicted molar refractivity (Wildman–Crippen MR) is 58.7 cm³/mol. The molecule has 1 heteroatoms. The largest absolute Gasteiger partial charge is 0.496 e. The molecule has 2 atom stereocenters. The number of benzene rings is 1. The lowest BCUT2D eigenvalue weighted by molar-refractivity contribution is 0.408. The molecular formula is C13H18O. The summed E-state index contributed by atoms with van der Waals surface area (Å²) in [7, 11) is 1.76. The molecule has 0 radical (unpaired) electrons. The maximum Gasteiger partial charge on any atom is 0.122 e. The summed E-state index contributed by atoms with van der Waals surface area (Å²) in [5.74, 6) is 3.46.